The van der Waals surface area contributed by atoms with E-state index in [1.165, 1.54) is 0 Å². The average molecular weight is 327 g/mol. The van der Waals surface area contributed by atoms with Gasteiger partial charge in [0, 0.05) is 12.8 Å². The zero-order valence-corrected chi connectivity index (χ0v) is 14.2. The summed E-state index contributed by atoms with van der Waals surface area (Å²) in [7, 11) is 0. The second kappa shape index (κ2) is 8.08. The third-order valence-electron chi connectivity index (χ3n) is 3.92. The van der Waals surface area contributed by atoms with Crippen molar-refractivity contribution >= 4 is 5.97 Å². The molecule has 2 rings (SSSR count). The van der Waals surface area contributed by atoms with Crippen LogP contribution in [0.15, 0.2) is 54.6 Å². The molecule has 0 saturated carbocycles. The summed E-state index contributed by atoms with van der Waals surface area (Å²) in [6, 6.07) is 18.0. The first-order valence-electron chi connectivity index (χ1n) is 8.23. The van der Waals surface area contributed by atoms with Gasteiger partial charge in [-0.1, -0.05) is 61.5 Å². The Bertz CT molecular complexity index is 650. The van der Waals surface area contributed by atoms with Gasteiger partial charge in [0.2, 0.25) is 0 Å². The SMILES string of the molecule is CCOC(=O)[C@H](C)C[C@@](N)(O)Cc1ccc(-c2ccccc2)cc1. The van der Waals surface area contributed by atoms with Gasteiger partial charge in [0.05, 0.1) is 12.5 Å². The maximum atomic E-state index is 11.7. The minimum absolute atomic E-state index is 0.159. The van der Waals surface area contributed by atoms with Crippen LogP contribution in [-0.2, 0) is 16.0 Å². The lowest BCUT2D eigenvalue weighted by molar-refractivity contribution is -0.149. The lowest BCUT2D eigenvalue weighted by Crippen LogP contribution is -2.44. The normalized spacial score (nSPS) is 14.7. The molecular weight excluding hydrogens is 302 g/mol. The largest absolute Gasteiger partial charge is 0.466 e. The summed E-state index contributed by atoms with van der Waals surface area (Å²) in [5, 5.41) is 10.4. The van der Waals surface area contributed by atoms with Crippen LogP contribution in [-0.4, -0.2) is 23.4 Å². The Balaban J connectivity index is 2.00. The maximum Gasteiger partial charge on any atom is 0.308 e. The summed E-state index contributed by atoms with van der Waals surface area (Å²) in [6.07, 6.45) is 0.443. The lowest BCUT2D eigenvalue weighted by atomic mass is 9.92. The van der Waals surface area contributed by atoms with Crippen molar-refractivity contribution in [2.75, 3.05) is 6.61 Å². The molecule has 0 amide bonds. The highest BCUT2D eigenvalue weighted by Crippen LogP contribution is 2.22. The number of esters is 1. The van der Waals surface area contributed by atoms with Gasteiger partial charge in [-0.3, -0.25) is 4.79 Å². The number of benzene rings is 2. The van der Waals surface area contributed by atoms with Gasteiger partial charge in [0.15, 0.2) is 0 Å². The van der Waals surface area contributed by atoms with E-state index in [-0.39, 0.29) is 18.8 Å². The van der Waals surface area contributed by atoms with Crippen molar-refractivity contribution in [2.45, 2.75) is 32.4 Å². The summed E-state index contributed by atoms with van der Waals surface area (Å²) in [6.45, 7) is 3.80. The molecule has 0 aliphatic carbocycles. The second-order valence-corrected chi connectivity index (χ2v) is 6.20. The number of aliphatic hydroxyl groups is 1. The smallest absolute Gasteiger partial charge is 0.308 e. The van der Waals surface area contributed by atoms with E-state index in [1.807, 2.05) is 42.5 Å². The number of hydrogen-bond acceptors (Lipinski definition) is 4. The van der Waals surface area contributed by atoms with Crippen molar-refractivity contribution in [3.05, 3.63) is 60.2 Å². The number of nitrogens with two attached hydrogens (primary N) is 1. The average Bonchev–Trinajstić information content (AvgIpc) is 2.55. The molecule has 0 aliphatic rings. The second-order valence-electron chi connectivity index (χ2n) is 6.20. The molecule has 0 aliphatic heterocycles. The first kappa shape index (κ1) is 18.2. The quantitative estimate of drug-likeness (QED) is 0.605. The first-order chi connectivity index (χ1) is 11.4. The molecule has 0 aromatic heterocycles. The van der Waals surface area contributed by atoms with Gasteiger partial charge in [-0.25, -0.2) is 0 Å². The van der Waals surface area contributed by atoms with Crippen molar-refractivity contribution in [1.82, 2.24) is 0 Å². The molecule has 0 radical (unpaired) electrons. The number of carbonyl (C=O) groups excluding carboxylic acids is 1. The summed E-state index contributed by atoms with van der Waals surface area (Å²) in [5.74, 6) is -0.774. The minimum Gasteiger partial charge on any atom is -0.466 e. The molecule has 2 atom stereocenters. The summed E-state index contributed by atoms with van der Waals surface area (Å²) in [4.78, 5) is 11.7. The minimum atomic E-state index is -1.44. The van der Waals surface area contributed by atoms with Crippen molar-refractivity contribution < 1.29 is 14.6 Å². The van der Waals surface area contributed by atoms with Gasteiger partial charge in [0.1, 0.15) is 5.72 Å². The first-order valence-corrected chi connectivity index (χ1v) is 8.23. The predicted molar refractivity (Wildman–Crippen MR) is 95.1 cm³/mol. The summed E-state index contributed by atoms with van der Waals surface area (Å²) < 4.78 is 4.96. The van der Waals surface area contributed by atoms with Gasteiger partial charge in [-0.05, 0) is 23.6 Å². The van der Waals surface area contributed by atoms with Gasteiger partial charge < -0.3 is 15.6 Å². The van der Waals surface area contributed by atoms with E-state index in [0.717, 1.165) is 16.7 Å². The monoisotopic (exact) mass is 327 g/mol. The maximum absolute atomic E-state index is 11.7. The molecular formula is C20H25NO3. The zero-order chi connectivity index (χ0) is 17.6. The molecule has 3 N–H and O–H groups in total. The van der Waals surface area contributed by atoms with Gasteiger partial charge in [-0.15, -0.1) is 0 Å². The van der Waals surface area contributed by atoms with E-state index in [1.54, 1.807) is 13.8 Å². The van der Waals surface area contributed by atoms with Crippen LogP contribution >= 0.6 is 0 Å². The number of carbonyl (C=O) groups is 1. The van der Waals surface area contributed by atoms with Crippen molar-refractivity contribution in [3.63, 3.8) is 0 Å². The van der Waals surface area contributed by atoms with Gasteiger partial charge in [-0.2, -0.15) is 0 Å². The van der Waals surface area contributed by atoms with Gasteiger partial charge in [0.25, 0.3) is 0 Å². The molecule has 0 unspecified atom stereocenters. The Kier molecular flexibility index (Phi) is 6.12. The lowest BCUT2D eigenvalue weighted by Gasteiger charge is -2.26. The molecule has 2 aromatic carbocycles. The zero-order valence-electron chi connectivity index (χ0n) is 14.2. The standard InChI is InChI=1S/C20H25NO3/c1-3-24-19(22)15(2)13-20(21,23)14-16-9-11-18(12-10-16)17-7-5-4-6-8-17/h4-12,15,23H,3,13-14,21H2,1-2H3/t15-,20-/m1/s1. The van der Waals surface area contributed by atoms with E-state index >= 15 is 0 Å². The molecule has 0 bridgehead atoms. The van der Waals surface area contributed by atoms with E-state index in [2.05, 4.69) is 12.1 Å². The molecule has 4 heteroatoms. The number of ether oxygens (including phenoxy) is 1. The van der Waals surface area contributed by atoms with Crippen LogP contribution in [0.5, 0.6) is 0 Å². The summed E-state index contributed by atoms with van der Waals surface area (Å²) >= 11 is 0. The fraction of sp³-hybridized carbons (Fsp3) is 0.350. The van der Waals surface area contributed by atoms with E-state index in [4.69, 9.17) is 10.5 Å². The van der Waals surface area contributed by atoms with Crippen molar-refractivity contribution in [3.8, 4) is 11.1 Å². The van der Waals surface area contributed by atoms with Crippen LogP contribution in [0.1, 0.15) is 25.8 Å². The number of rotatable bonds is 7. The predicted octanol–water partition coefficient (Wildman–Crippen LogP) is 3.13. The van der Waals surface area contributed by atoms with Crippen LogP contribution in [0.4, 0.5) is 0 Å². The molecule has 0 spiro atoms. The Morgan fingerprint density at radius 1 is 1.12 bits per heavy atom. The van der Waals surface area contributed by atoms with Gasteiger partial charge >= 0.3 is 5.97 Å². The Labute approximate surface area is 143 Å². The number of hydrogen-bond donors (Lipinski definition) is 2. The van der Waals surface area contributed by atoms with Crippen molar-refractivity contribution in [2.24, 2.45) is 11.7 Å². The highest BCUT2D eigenvalue weighted by Gasteiger charge is 2.28. The van der Waals surface area contributed by atoms with E-state index in [9.17, 15) is 9.90 Å². The van der Waals surface area contributed by atoms with Crippen molar-refractivity contribution in [1.29, 1.82) is 0 Å². The van der Waals surface area contributed by atoms with Crippen LogP contribution in [0.25, 0.3) is 11.1 Å². The molecule has 4 nitrogen and oxygen atoms in total. The van der Waals surface area contributed by atoms with E-state index < -0.39 is 11.6 Å². The fourth-order valence-corrected chi connectivity index (χ4v) is 2.77. The van der Waals surface area contributed by atoms with Crippen LogP contribution in [0.2, 0.25) is 0 Å². The topological polar surface area (TPSA) is 72.5 Å². The molecule has 24 heavy (non-hydrogen) atoms. The third kappa shape index (κ3) is 5.18. The summed E-state index contributed by atoms with van der Waals surface area (Å²) in [5.41, 5.74) is 7.72. The molecule has 0 saturated heterocycles. The third-order valence-corrected chi connectivity index (χ3v) is 3.92. The highest BCUT2D eigenvalue weighted by molar-refractivity contribution is 5.72. The Hall–Kier alpha value is -2.17. The van der Waals surface area contributed by atoms with Crippen LogP contribution in [0.3, 0.4) is 0 Å². The van der Waals surface area contributed by atoms with E-state index in [0.29, 0.717) is 6.61 Å². The molecule has 0 heterocycles. The van der Waals surface area contributed by atoms with Crippen LogP contribution in [0, 0.1) is 5.92 Å². The molecule has 0 fully saturated rings. The van der Waals surface area contributed by atoms with Crippen LogP contribution < -0.4 is 5.73 Å². The molecule has 2 aromatic rings. The Morgan fingerprint density at radius 2 is 1.71 bits per heavy atom. The fourth-order valence-electron chi connectivity index (χ4n) is 2.77. The highest BCUT2D eigenvalue weighted by atomic mass is 16.5. The Morgan fingerprint density at radius 3 is 2.29 bits per heavy atom. The molecule has 128 valence electrons.